The second-order valence-electron chi connectivity index (χ2n) is 13.0. The molecule has 2 fully saturated rings. The van der Waals surface area contributed by atoms with Crippen LogP contribution in [0.15, 0.2) is 48.5 Å². The third-order valence-electron chi connectivity index (χ3n) is 8.06. The van der Waals surface area contributed by atoms with Crippen molar-refractivity contribution >= 4 is 12.0 Å². The Labute approximate surface area is 234 Å². The van der Waals surface area contributed by atoms with E-state index in [-0.39, 0.29) is 28.6 Å². The van der Waals surface area contributed by atoms with Crippen LogP contribution >= 0.6 is 0 Å². The van der Waals surface area contributed by atoms with E-state index in [0.717, 1.165) is 55.4 Å². The summed E-state index contributed by atoms with van der Waals surface area (Å²) in [5.74, 6) is 0.848. The van der Waals surface area contributed by atoms with Gasteiger partial charge in [-0.15, -0.1) is 0 Å². The number of hydrogen-bond donors (Lipinski definition) is 1. The zero-order chi connectivity index (χ0) is 28.1. The Hall–Kier alpha value is -3.02. The van der Waals surface area contributed by atoms with Crippen LogP contribution in [0, 0.1) is 5.41 Å². The van der Waals surface area contributed by atoms with Crippen LogP contribution in [0.5, 0.6) is 5.75 Å². The molecule has 2 aliphatic rings. The summed E-state index contributed by atoms with van der Waals surface area (Å²) in [6.07, 6.45) is 7.77. The fraction of sp³-hybridized carbons (Fsp3) is 0.576. The summed E-state index contributed by atoms with van der Waals surface area (Å²) >= 11 is 0. The van der Waals surface area contributed by atoms with Gasteiger partial charge in [-0.05, 0) is 67.0 Å². The SMILES string of the molecule is CCCC1(Oc2ccc(-c3ccc(C(=O)NC4(C)CCCC4)cc3)cc2)CCN(C(=O)OCC(C)(C)C)CC1. The van der Waals surface area contributed by atoms with E-state index in [4.69, 9.17) is 9.47 Å². The fourth-order valence-corrected chi connectivity index (χ4v) is 5.73. The van der Waals surface area contributed by atoms with E-state index in [1.54, 1.807) is 0 Å². The molecule has 0 spiro atoms. The molecule has 4 rings (SSSR count). The zero-order valence-electron chi connectivity index (χ0n) is 24.5. The molecule has 1 saturated carbocycles. The summed E-state index contributed by atoms with van der Waals surface area (Å²) in [6.45, 7) is 12.2. The topological polar surface area (TPSA) is 67.9 Å². The number of nitrogens with zero attached hydrogens (tertiary/aromatic N) is 1. The predicted octanol–water partition coefficient (Wildman–Crippen LogP) is 7.61. The van der Waals surface area contributed by atoms with Gasteiger partial charge in [0.25, 0.3) is 5.91 Å². The molecule has 212 valence electrons. The van der Waals surface area contributed by atoms with Gasteiger partial charge in [0.05, 0.1) is 6.61 Å². The molecule has 1 aliphatic heterocycles. The highest BCUT2D eigenvalue weighted by Gasteiger charge is 2.38. The van der Waals surface area contributed by atoms with Crippen LogP contribution < -0.4 is 10.1 Å². The van der Waals surface area contributed by atoms with Gasteiger partial charge in [-0.2, -0.15) is 0 Å². The summed E-state index contributed by atoms with van der Waals surface area (Å²) in [5, 5.41) is 3.23. The summed E-state index contributed by atoms with van der Waals surface area (Å²) < 4.78 is 12.1. The summed E-state index contributed by atoms with van der Waals surface area (Å²) in [4.78, 5) is 27.1. The molecule has 0 radical (unpaired) electrons. The Morgan fingerprint density at radius 1 is 0.897 bits per heavy atom. The van der Waals surface area contributed by atoms with Gasteiger partial charge >= 0.3 is 6.09 Å². The first-order valence-corrected chi connectivity index (χ1v) is 14.6. The van der Waals surface area contributed by atoms with E-state index in [1.807, 2.05) is 41.3 Å². The first kappa shape index (κ1) is 29.0. The normalized spacial score (nSPS) is 18.4. The van der Waals surface area contributed by atoms with Gasteiger partial charge in [0.15, 0.2) is 0 Å². The quantitative estimate of drug-likeness (QED) is 0.378. The van der Waals surface area contributed by atoms with Crippen molar-refractivity contribution in [2.75, 3.05) is 19.7 Å². The van der Waals surface area contributed by atoms with Gasteiger partial charge in [0, 0.05) is 37.0 Å². The van der Waals surface area contributed by atoms with Crippen LogP contribution in [0.3, 0.4) is 0 Å². The fourth-order valence-electron chi connectivity index (χ4n) is 5.73. The lowest BCUT2D eigenvalue weighted by Crippen LogP contribution is -2.50. The summed E-state index contributed by atoms with van der Waals surface area (Å²) in [5.41, 5.74) is 2.45. The van der Waals surface area contributed by atoms with Crippen LogP contribution in [0.2, 0.25) is 0 Å². The molecule has 1 N–H and O–H groups in total. The van der Waals surface area contributed by atoms with E-state index in [9.17, 15) is 9.59 Å². The molecule has 2 aromatic carbocycles. The smallest absolute Gasteiger partial charge is 0.409 e. The minimum absolute atomic E-state index is 0.00410. The number of hydrogen-bond acceptors (Lipinski definition) is 4. The van der Waals surface area contributed by atoms with E-state index in [2.05, 4.69) is 52.1 Å². The van der Waals surface area contributed by atoms with E-state index >= 15 is 0 Å². The van der Waals surface area contributed by atoms with Crippen LogP contribution in [0.4, 0.5) is 4.79 Å². The minimum atomic E-state index is -0.276. The van der Waals surface area contributed by atoms with Crippen molar-refractivity contribution in [1.29, 1.82) is 0 Å². The third kappa shape index (κ3) is 7.77. The summed E-state index contributed by atoms with van der Waals surface area (Å²) in [6, 6.07) is 16.0. The number of piperidine rings is 1. The molecule has 0 bridgehead atoms. The second-order valence-corrected chi connectivity index (χ2v) is 13.0. The molecule has 2 aromatic rings. The summed E-state index contributed by atoms with van der Waals surface area (Å²) in [7, 11) is 0. The lowest BCUT2D eigenvalue weighted by atomic mass is 9.87. The number of rotatable bonds is 8. The largest absolute Gasteiger partial charge is 0.487 e. The number of ether oxygens (including phenoxy) is 2. The van der Waals surface area contributed by atoms with Crippen molar-refractivity contribution in [2.45, 2.75) is 97.1 Å². The Morgan fingerprint density at radius 3 is 2.00 bits per heavy atom. The second kappa shape index (κ2) is 12.0. The van der Waals surface area contributed by atoms with Crippen molar-refractivity contribution in [2.24, 2.45) is 5.41 Å². The molecular formula is C33H46N2O4. The number of carbonyl (C=O) groups is 2. The molecule has 0 unspecified atom stereocenters. The zero-order valence-corrected chi connectivity index (χ0v) is 24.5. The third-order valence-corrected chi connectivity index (χ3v) is 8.06. The van der Waals surface area contributed by atoms with Gasteiger partial charge < -0.3 is 19.7 Å². The van der Waals surface area contributed by atoms with Crippen molar-refractivity contribution < 1.29 is 19.1 Å². The monoisotopic (exact) mass is 534 g/mol. The Balaban J connectivity index is 1.35. The predicted molar refractivity (Wildman–Crippen MR) is 156 cm³/mol. The van der Waals surface area contributed by atoms with Gasteiger partial charge in [-0.1, -0.05) is 71.2 Å². The Morgan fingerprint density at radius 2 is 1.46 bits per heavy atom. The Kier molecular flexibility index (Phi) is 8.93. The van der Waals surface area contributed by atoms with Crippen LogP contribution in [-0.2, 0) is 4.74 Å². The molecule has 0 aromatic heterocycles. The molecule has 39 heavy (non-hydrogen) atoms. The van der Waals surface area contributed by atoms with Gasteiger partial charge in [0.1, 0.15) is 11.4 Å². The molecule has 1 aliphatic carbocycles. The molecule has 6 heteroatoms. The van der Waals surface area contributed by atoms with Crippen molar-refractivity contribution in [3.8, 4) is 16.9 Å². The number of benzene rings is 2. The first-order valence-electron chi connectivity index (χ1n) is 14.6. The van der Waals surface area contributed by atoms with Gasteiger partial charge in [0.2, 0.25) is 0 Å². The maximum Gasteiger partial charge on any atom is 0.409 e. The first-order chi connectivity index (χ1) is 18.5. The highest BCUT2D eigenvalue weighted by Crippen LogP contribution is 2.34. The molecule has 0 atom stereocenters. The highest BCUT2D eigenvalue weighted by molar-refractivity contribution is 5.95. The van der Waals surface area contributed by atoms with E-state index in [0.29, 0.717) is 25.3 Å². The van der Waals surface area contributed by atoms with E-state index < -0.39 is 0 Å². The van der Waals surface area contributed by atoms with Crippen molar-refractivity contribution in [3.05, 3.63) is 54.1 Å². The minimum Gasteiger partial charge on any atom is -0.487 e. The molecule has 6 nitrogen and oxygen atoms in total. The average Bonchev–Trinajstić information content (AvgIpc) is 3.33. The van der Waals surface area contributed by atoms with Gasteiger partial charge in [-0.25, -0.2) is 4.79 Å². The standard InChI is InChI=1S/C33H46N2O4/c1-6-17-33(20-22-35(23-21-33)30(37)38-24-31(2,3)4)39-28-15-13-26(14-16-28)25-9-11-27(12-10-25)29(36)34-32(5)18-7-8-19-32/h9-16H,6-8,17-24H2,1-5H3,(H,34,36). The maximum absolute atomic E-state index is 12.7. The molecule has 2 amide bonds. The van der Waals surface area contributed by atoms with Gasteiger partial charge in [-0.3, -0.25) is 4.79 Å². The lowest BCUT2D eigenvalue weighted by molar-refractivity contribution is -0.00993. The van der Waals surface area contributed by atoms with Crippen molar-refractivity contribution in [3.63, 3.8) is 0 Å². The number of amides is 2. The number of nitrogens with one attached hydrogen (secondary N) is 1. The Bertz CT molecular complexity index is 1100. The van der Waals surface area contributed by atoms with Crippen LogP contribution in [-0.4, -0.2) is 47.7 Å². The number of likely N-dealkylation sites (tertiary alicyclic amines) is 1. The highest BCUT2D eigenvalue weighted by atomic mass is 16.6. The molecule has 1 saturated heterocycles. The van der Waals surface area contributed by atoms with Crippen LogP contribution in [0.25, 0.3) is 11.1 Å². The van der Waals surface area contributed by atoms with E-state index in [1.165, 1.54) is 12.8 Å². The molecule has 1 heterocycles. The van der Waals surface area contributed by atoms with Crippen molar-refractivity contribution in [1.82, 2.24) is 10.2 Å². The van der Waals surface area contributed by atoms with Crippen LogP contribution in [0.1, 0.15) is 96.3 Å². The number of carbonyl (C=O) groups excluding carboxylic acids is 2. The average molecular weight is 535 g/mol. The lowest BCUT2D eigenvalue weighted by Gasteiger charge is -2.41. The maximum atomic E-state index is 12.7. The molecular weight excluding hydrogens is 488 g/mol.